The smallest absolute Gasteiger partial charge is 0.261 e. The van der Waals surface area contributed by atoms with Gasteiger partial charge in [0.05, 0.1) is 10.9 Å². The summed E-state index contributed by atoms with van der Waals surface area (Å²) in [7, 11) is 1.72. The first-order valence-electron chi connectivity index (χ1n) is 4.99. The van der Waals surface area contributed by atoms with Crippen molar-refractivity contribution in [2.24, 2.45) is 12.8 Å². The third kappa shape index (κ3) is 1.76. The minimum atomic E-state index is -0.0326. The lowest BCUT2D eigenvalue weighted by Gasteiger charge is -2.08. The third-order valence-corrected chi connectivity index (χ3v) is 3.16. The first-order chi connectivity index (χ1) is 7.65. The Morgan fingerprint density at radius 3 is 2.94 bits per heavy atom. The molecule has 2 aromatic rings. The van der Waals surface area contributed by atoms with E-state index in [1.165, 1.54) is 0 Å². The molecule has 84 valence electrons. The molecule has 0 bridgehead atoms. The Labute approximate surface area is 101 Å². The second kappa shape index (κ2) is 4.35. The summed E-state index contributed by atoms with van der Waals surface area (Å²) in [5.74, 6) is 0.715. The Bertz CT molecular complexity index is 592. The molecule has 0 aliphatic rings. The lowest BCUT2D eigenvalue weighted by atomic mass is 10.2. The van der Waals surface area contributed by atoms with Gasteiger partial charge in [-0.2, -0.15) is 0 Å². The maximum atomic E-state index is 12.0. The van der Waals surface area contributed by atoms with Crippen LogP contribution in [0.2, 0.25) is 0 Å². The van der Waals surface area contributed by atoms with E-state index in [-0.39, 0.29) is 5.56 Å². The summed E-state index contributed by atoms with van der Waals surface area (Å²) in [6.45, 7) is 0.482. The number of halogens is 1. The van der Waals surface area contributed by atoms with E-state index >= 15 is 0 Å². The van der Waals surface area contributed by atoms with Crippen molar-refractivity contribution in [3.63, 3.8) is 0 Å². The predicted molar refractivity (Wildman–Crippen MR) is 67.4 cm³/mol. The van der Waals surface area contributed by atoms with E-state index in [2.05, 4.69) is 20.9 Å². The van der Waals surface area contributed by atoms with E-state index in [0.717, 1.165) is 4.47 Å². The van der Waals surface area contributed by atoms with E-state index in [9.17, 15) is 4.79 Å². The molecule has 0 radical (unpaired) electrons. The Morgan fingerprint density at radius 2 is 2.25 bits per heavy atom. The first-order valence-corrected chi connectivity index (χ1v) is 5.78. The molecular weight excluding hydrogens is 270 g/mol. The predicted octanol–water partition coefficient (Wildman–Crippen LogP) is 1.20. The molecular formula is C11H12BrN3O. The number of hydrogen-bond acceptors (Lipinski definition) is 3. The van der Waals surface area contributed by atoms with Gasteiger partial charge in [-0.1, -0.05) is 6.07 Å². The molecule has 1 aromatic carbocycles. The van der Waals surface area contributed by atoms with Gasteiger partial charge in [-0.25, -0.2) is 4.98 Å². The van der Waals surface area contributed by atoms with E-state index in [1.54, 1.807) is 17.7 Å². The average molecular weight is 282 g/mol. The summed E-state index contributed by atoms with van der Waals surface area (Å²) >= 11 is 3.40. The number of para-hydroxylation sites is 1. The Balaban J connectivity index is 2.84. The molecule has 2 rings (SSSR count). The van der Waals surface area contributed by atoms with Crippen LogP contribution in [0.25, 0.3) is 10.9 Å². The van der Waals surface area contributed by atoms with Crippen LogP contribution in [0.3, 0.4) is 0 Å². The van der Waals surface area contributed by atoms with Gasteiger partial charge in [0.25, 0.3) is 5.56 Å². The summed E-state index contributed by atoms with van der Waals surface area (Å²) in [4.78, 5) is 16.5. The van der Waals surface area contributed by atoms with Crippen LogP contribution >= 0.6 is 15.9 Å². The molecule has 0 spiro atoms. The Morgan fingerprint density at radius 1 is 1.50 bits per heavy atom. The lowest BCUT2D eigenvalue weighted by Crippen LogP contribution is -2.24. The molecule has 0 amide bonds. The van der Waals surface area contributed by atoms with Gasteiger partial charge < -0.3 is 5.73 Å². The standard InChI is InChI=1S/C11H12BrN3O/c1-15-9(5-6-13)14-10-7(11(15)16)3-2-4-8(10)12/h2-4H,5-6,13H2,1H3. The van der Waals surface area contributed by atoms with Crippen molar-refractivity contribution in [1.82, 2.24) is 9.55 Å². The second-order valence-corrected chi connectivity index (χ2v) is 4.42. The molecule has 0 fully saturated rings. The van der Waals surface area contributed by atoms with Gasteiger partial charge in [-0.15, -0.1) is 0 Å². The van der Waals surface area contributed by atoms with E-state index in [0.29, 0.717) is 29.7 Å². The average Bonchev–Trinajstić information content (AvgIpc) is 2.27. The van der Waals surface area contributed by atoms with Crippen molar-refractivity contribution in [2.45, 2.75) is 6.42 Å². The topological polar surface area (TPSA) is 60.9 Å². The number of hydrogen-bond donors (Lipinski definition) is 1. The summed E-state index contributed by atoms with van der Waals surface area (Å²) in [5.41, 5.74) is 6.16. The number of benzene rings is 1. The Hall–Kier alpha value is -1.20. The van der Waals surface area contributed by atoms with Crippen molar-refractivity contribution >= 4 is 26.8 Å². The van der Waals surface area contributed by atoms with Gasteiger partial charge in [0.15, 0.2) is 0 Å². The van der Waals surface area contributed by atoms with Gasteiger partial charge in [0, 0.05) is 17.9 Å². The van der Waals surface area contributed by atoms with Crippen LogP contribution in [-0.2, 0) is 13.5 Å². The SMILES string of the molecule is Cn1c(CCN)nc2c(Br)cccc2c1=O. The second-order valence-electron chi connectivity index (χ2n) is 3.57. The highest BCUT2D eigenvalue weighted by atomic mass is 79.9. The molecule has 0 aliphatic heterocycles. The van der Waals surface area contributed by atoms with E-state index in [1.807, 2.05) is 12.1 Å². The van der Waals surface area contributed by atoms with Crippen LogP contribution < -0.4 is 11.3 Å². The third-order valence-electron chi connectivity index (χ3n) is 2.52. The molecule has 0 unspecified atom stereocenters. The number of nitrogens with two attached hydrogens (primary N) is 1. The van der Waals surface area contributed by atoms with Crippen molar-refractivity contribution < 1.29 is 0 Å². The van der Waals surface area contributed by atoms with Gasteiger partial charge in [0.1, 0.15) is 5.82 Å². The lowest BCUT2D eigenvalue weighted by molar-refractivity contribution is 0.731. The molecule has 5 heteroatoms. The number of rotatable bonds is 2. The van der Waals surface area contributed by atoms with Crippen molar-refractivity contribution in [3.05, 3.63) is 38.9 Å². The molecule has 16 heavy (non-hydrogen) atoms. The molecule has 0 atom stereocenters. The van der Waals surface area contributed by atoms with Crippen molar-refractivity contribution in [2.75, 3.05) is 6.54 Å². The monoisotopic (exact) mass is 281 g/mol. The fourth-order valence-electron chi connectivity index (χ4n) is 1.66. The highest BCUT2D eigenvalue weighted by Gasteiger charge is 2.09. The minimum Gasteiger partial charge on any atom is -0.330 e. The van der Waals surface area contributed by atoms with Gasteiger partial charge in [-0.3, -0.25) is 9.36 Å². The minimum absolute atomic E-state index is 0.0326. The highest BCUT2D eigenvalue weighted by Crippen LogP contribution is 2.19. The quantitative estimate of drug-likeness (QED) is 0.900. The Kier molecular flexibility index (Phi) is 3.07. The van der Waals surface area contributed by atoms with E-state index < -0.39 is 0 Å². The molecule has 1 heterocycles. The zero-order valence-electron chi connectivity index (χ0n) is 8.90. The fourth-order valence-corrected chi connectivity index (χ4v) is 2.11. The largest absolute Gasteiger partial charge is 0.330 e. The van der Waals surface area contributed by atoms with Gasteiger partial charge in [0.2, 0.25) is 0 Å². The first kappa shape index (κ1) is 11.3. The van der Waals surface area contributed by atoms with Crippen LogP contribution in [0.5, 0.6) is 0 Å². The maximum Gasteiger partial charge on any atom is 0.261 e. The molecule has 2 N–H and O–H groups in total. The molecule has 0 aliphatic carbocycles. The zero-order chi connectivity index (χ0) is 11.7. The van der Waals surface area contributed by atoms with Gasteiger partial charge >= 0.3 is 0 Å². The van der Waals surface area contributed by atoms with Crippen LogP contribution in [0.4, 0.5) is 0 Å². The fraction of sp³-hybridized carbons (Fsp3) is 0.273. The summed E-state index contributed by atoms with van der Waals surface area (Å²) < 4.78 is 2.39. The summed E-state index contributed by atoms with van der Waals surface area (Å²) in [6, 6.07) is 5.49. The summed E-state index contributed by atoms with van der Waals surface area (Å²) in [5, 5.41) is 0.623. The summed E-state index contributed by atoms with van der Waals surface area (Å²) in [6.07, 6.45) is 0.600. The maximum absolute atomic E-state index is 12.0. The normalized spacial score (nSPS) is 10.9. The molecule has 1 aromatic heterocycles. The number of nitrogens with zero attached hydrogens (tertiary/aromatic N) is 2. The number of fused-ring (bicyclic) bond motifs is 1. The van der Waals surface area contributed by atoms with Crippen molar-refractivity contribution in [3.8, 4) is 0 Å². The molecule has 0 saturated carbocycles. The van der Waals surface area contributed by atoms with Crippen LogP contribution in [0.15, 0.2) is 27.5 Å². The van der Waals surface area contributed by atoms with Gasteiger partial charge in [-0.05, 0) is 34.6 Å². The van der Waals surface area contributed by atoms with Crippen LogP contribution in [0.1, 0.15) is 5.82 Å². The van der Waals surface area contributed by atoms with Crippen LogP contribution in [0, 0.1) is 0 Å². The number of aromatic nitrogens is 2. The van der Waals surface area contributed by atoms with Crippen LogP contribution in [-0.4, -0.2) is 16.1 Å². The molecule has 0 saturated heterocycles. The zero-order valence-corrected chi connectivity index (χ0v) is 10.5. The highest BCUT2D eigenvalue weighted by molar-refractivity contribution is 9.10. The van der Waals surface area contributed by atoms with E-state index in [4.69, 9.17) is 5.73 Å². The van der Waals surface area contributed by atoms with Crippen molar-refractivity contribution in [1.29, 1.82) is 0 Å². The molecule has 4 nitrogen and oxygen atoms in total.